The van der Waals surface area contributed by atoms with Crippen molar-refractivity contribution in [2.75, 3.05) is 13.6 Å². The van der Waals surface area contributed by atoms with Crippen LogP contribution in [-0.4, -0.2) is 29.5 Å². The van der Waals surface area contributed by atoms with E-state index in [1.807, 2.05) is 36.5 Å². The van der Waals surface area contributed by atoms with Crippen LogP contribution in [0.25, 0.3) is 0 Å². The molecule has 1 amide bonds. The average molecular weight is 231 g/mol. The summed E-state index contributed by atoms with van der Waals surface area (Å²) in [6.45, 7) is 2.36. The minimum absolute atomic E-state index is 0.0119. The van der Waals surface area contributed by atoms with Gasteiger partial charge >= 0.3 is 0 Å². The number of carbonyl (C=O) groups is 1. The van der Waals surface area contributed by atoms with Crippen molar-refractivity contribution >= 4 is 5.91 Å². The minimum atomic E-state index is -0.0119. The zero-order valence-corrected chi connectivity index (χ0v) is 10.2. The molecule has 4 heteroatoms. The number of nitrogens with one attached hydrogen (secondary N) is 1. The van der Waals surface area contributed by atoms with Gasteiger partial charge in [-0.25, -0.2) is 10.0 Å². The summed E-state index contributed by atoms with van der Waals surface area (Å²) in [5.41, 5.74) is 5.45. The second-order valence-electron chi connectivity index (χ2n) is 4.29. The number of hydrogen-bond donors (Lipinski definition) is 1. The maximum atomic E-state index is 11.3. The van der Waals surface area contributed by atoms with Crippen molar-refractivity contribution in [3.63, 3.8) is 0 Å². The summed E-state index contributed by atoms with van der Waals surface area (Å²) < 4.78 is 0. The molecule has 0 fully saturated rings. The van der Waals surface area contributed by atoms with E-state index in [-0.39, 0.29) is 5.91 Å². The topological polar surface area (TPSA) is 35.6 Å². The summed E-state index contributed by atoms with van der Waals surface area (Å²) in [5, 5.41) is 3.42. The van der Waals surface area contributed by atoms with Gasteiger partial charge in [0.1, 0.15) is 0 Å². The molecule has 0 radical (unpaired) electrons. The number of hydrazine groups is 2. The fraction of sp³-hybridized carbons (Fsp3) is 0.308. The first-order chi connectivity index (χ1) is 8.15. The molecule has 0 saturated heterocycles. The summed E-state index contributed by atoms with van der Waals surface area (Å²) in [5.74, 6) is -0.0119. The second kappa shape index (κ2) is 5.12. The van der Waals surface area contributed by atoms with Gasteiger partial charge in [0.2, 0.25) is 5.91 Å². The molecule has 0 aliphatic carbocycles. The van der Waals surface area contributed by atoms with Gasteiger partial charge in [0.05, 0.1) is 0 Å². The highest BCUT2D eigenvalue weighted by Gasteiger charge is 2.16. The highest BCUT2D eigenvalue weighted by atomic mass is 16.2. The second-order valence-corrected chi connectivity index (χ2v) is 4.29. The third-order valence-electron chi connectivity index (χ3n) is 2.64. The van der Waals surface area contributed by atoms with Crippen LogP contribution in [0, 0.1) is 0 Å². The maximum Gasteiger partial charge on any atom is 0.238 e. The van der Waals surface area contributed by atoms with Crippen LogP contribution in [0.3, 0.4) is 0 Å². The third kappa shape index (κ3) is 3.15. The molecule has 0 unspecified atom stereocenters. The molecule has 0 spiro atoms. The number of likely N-dealkylation sites (N-methyl/N-ethyl adjacent to an activating group) is 1. The van der Waals surface area contributed by atoms with Crippen LogP contribution in [0.1, 0.15) is 12.5 Å². The monoisotopic (exact) mass is 231 g/mol. The summed E-state index contributed by atoms with van der Waals surface area (Å²) in [6, 6.07) is 10.3. The van der Waals surface area contributed by atoms with E-state index in [9.17, 15) is 4.79 Å². The normalized spacial score (nSPS) is 16.8. The number of benzene rings is 1. The van der Waals surface area contributed by atoms with E-state index in [4.69, 9.17) is 0 Å². The molecule has 17 heavy (non-hydrogen) atoms. The Balaban J connectivity index is 2.12. The Bertz CT molecular complexity index is 428. The van der Waals surface area contributed by atoms with E-state index >= 15 is 0 Å². The molecule has 1 heterocycles. The van der Waals surface area contributed by atoms with Gasteiger partial charge in [-0.15, -0.1) is 0 Å². The average Bonchev–Trinajstić information content (AvgIpc) is 2.29. The zero-order valence-electron chi connectivity index (χ0n) is 10.2. The molecular weight excluding hydrogens is 214 g/mol. The Labute approximate surface area is 101 Å². The van der Waals surface area contributed by atoms with Crippen LogP contribution >= 0.6 is 0 Å². The van der Waals surface area contributed by atoms with E-state index in [0.29, 0.717) is 0 Å². The number of amides is 1. The van der Waals surface area contributed by atoms with Crippen molar-refractivity contribution in [2.24, 2.45) is 0 Å². The van der Waals surface area contributed by atoms with Gasteiger partial charge in [-0.3, -0.25) is 4.79 Å². The minimum Gasteiger partial charge on any atom is -0.273 e. The van der Waals surface area contributed by atoms with Gasteiger partial charge in [-0.05, 0) is 17.6 Å². The molecule has 1 aromatic rings. The highest BCUT2D eigenvalue weighted by Crippen LogP contribution is 2.12. The van der Waals surface area contributed by atoms with Crippen LogP contribution in [0.4, 0.5) is 0 Å². The Kier molecular flexibility index (Phi) is 3.56. The van der Waals surface area contributed by atoms with E-state index < -0.39 is 0 Å². The van der Waals surface area contributed by atoms with E-state index in [1.165, 1.54) is 16.1 Å². The van der Waals surface area contributed by atoms with Gasteiger partial charge in [-0.2, -0.15) is 5.53 Å². The summed E-state index contributed by atoms with van der Waals surface area (Å²) in [6.07, 6.45) is 2.76. The summed E-state index contributed by atoms with van der Waals surface area (Å²) >= 11 is 0. The van der Waals surface area contributed by atoms with Crippen molar-refractivity contribution in [1.82, 2.24) is 15.6 Å². The van der Waals surface area contributed by atoms with E-state index in [0.717, 1.165) is 13.0 Å². The van der Waals surface area contributed by atoms with Gasteiger partial charge < -0.3 is 0 Å². The Hall–Kier alpha value is -1.65. The lowest BCUT2D eigenvalue weighted by atomic mass is 10.1. The third-order valence-corrected chi connectivity index (χ3v) is 2.64. The maximum absolute atomic E-state index is 11.3. The molecule has 1 aromatic carbocycles. The summed E-state index contributed by atoms with van der Waals surface area (Å²) in [4.78, 5) is 11.3. The lowest BCUT2D eigenvalue weighted by molar-refractivity contribution is -0.133. The Morgan fingerprint density at radius 1 is 1.35 bits per heavy atom. The van der Waals surface area contributed by atoms with Crippen molar-refractivity contribution in [3.8, 4) is 0 Å². The van der Waals surface area contributed by atoms with Crippen molar-refractivity contribution in [3.05, 3.63) is 47.7 Å². The SMILES string of the molecule is CC(=O)N1C=C(Cc2ccccc2)CN(C)N1. The van der Waals surface area contributed by atoms with Gasteiger partial charge in [-0.1, -0.05) is 30.3 Å². The lowest BCUT2D eigenvalue weighted by Crippen LogP contribution is -2.51. The quantitative estimate of drug-likeness (QED) is 0.834. The predicted octanol–water partition coefficient (Wildman–Crippen LogP) is 1.33. The molecule has 2 rings (SSSR count). The van der Waals surface area contributed by atoms with Crippen LogP contribution < -0.4 is 5.53 Å². The smallest absolute Gasteiger partial charge is 0.238 e. The molecule has 0 bridgehead atoms. The van der Waals surface area contributed by atoms with Crippen LogP contribution in [0.2, 0.25) is 0 Å². The highest BCUT2D eigenvalue weighted by molar-refractivity contribution is 5.74. The number of nitrogens with zero attached hydrogens (tertiary/aromatic N) is 2. The van der Waals surface area contributed by atoms with Crippen LogP contribution in [-0.2, 0) is 11.2 Å². The van der Waals surface area contributed by atoms with Gasteiger partial charge in [0.15, 0.2) is 0 Å². The molecule has 0 atom stereocenters. The first kappa shape index (κ1) is 11.8. The molecule has 0 saturated carbocycles. The van der Waals surface area contributed by atoms with Crippen molar-refractivity contribution in [1.29, 1.82) is 0 Å². The van der Waals surface area contributed by atoms with E-state index in [2.05, 4.69) is 17.7 Å². The molecule has 90 valence electrons. The number of hydrogen-bond acceptors (Lipinski definition) is 3. The molecule has 1 aliphatic heterocycles. The first-order valence-corrected chi connectivity index (χ1v) is 5.66. The number of rotatable bonds is 2. The van der Waals surface area contributed by atoms with Gasteiger partial charge in [0.25, 0.3) is 0 Å². The van der Waals surface area contributed by atoms with Crippen molar-refractivity contribution in [2.45, 2.75) is 13.3 Å². The predicted molar refractivity (Wildman–Crippen MR) is 66.5 cm³/mol. The molecule has 1 N–H and O–H groups in total. The fourth-order valence-electron chi connectivity index (χ4n) is 1.90. The summed E-state index contributed by atoms with van der Waals surface area (Å²) in [7, 11) is 1.92. The molecule has 4 nitrogen and oxygen atoms in total. The molecular formula is C13H17N3O. The van der Waals surface area contributed by atoms with E-state index in [1.54, 1.807) is 6.92 Å². The van der Waals surface area contributed by atoms with Crippen molar-refractivity contribution < 1.29 is 4.79 Å². The van der Waals surface area contributed by atoms with Crippen LogP contribution in [0.15, 0.2) is 42.1 Å². The molecule has 0 aromatic heterocycles. The largest absolute Gasteiger partial charge is 0.273 e. The Morgan fingerprint density at radius 3 is 2.71 bits per heavy atom. The van der Waals surface area contributed by atoms with Gasteiger partial charge in [0, 0.05) is 26.7 Å². The zero-order chi connectivity index (χ0) is 12.3. The molecule has 1 aliphatic rings. The Morgan fingerprint density at radius 2 is 2.06 bits per heavy atom. The lowest BCUT2D eigenvalue weighted by Gasteiger charge is -2.32. The van der Waals surface area contributed by atoms with Crippen LogP contribution in [0.5, 0.6) is 0 Å². The first-order valence-electron chi connectivity index (χ1n) is 5.66. The number of carbonyl (C=O) groups excluding carboxylic acids is 1. The standard InChI is InChI=1S/C13H17N3O/c1-11(17)16-10-13(9-15(2)14-16)8-12-6-4-3-5-7-12/h3-7,10,14H,8-9H2,1-2H3. The fourth-order valence-corrected chi connectivity index (χ4v) is 1.90.